The van der Waals surface area contributed by atoms with E-state index >= 15 is 0 Å². The van der Waals surface area contributed by atoms with Crippen molar-refractivity contribution in [3.8, 4) is 17.2 Å². The molecule has 1 unspecified atom stereocenters. The summed E-state index contributed by atoms with van der Waals surface area (Å²) < 4.78 is 16.0. The highest BCUT2D eigenvalue weighted by Gasteiger charge is 2.33. The van der Waals surface area contributed by atoms with E-state index in [2.05, 4.69) is 0 Å². The molecule has 1 amide bonds. The van der Waals surface area contributed by atoms with Gasteiger partial charge in [-0.15, -0.1) is 0 Å². The number of nitrogens with zero attached hydrogens (tertiary/aromatic N) is 1. The fourth-order valence-corrected chi connectivity index (χ4v) is 3.77. The zero-order chi connectivity index (χ0) is 21.0. The Labute approximate surface area is 169 Å². The van der Waals surface area contributed by atoms with E-state index in [-0.39, 0.29) is 18.7 Å². The second-order valence-electron chi connectivity index (χ2n) is 6.89. The second-order valence-corrected chi connectivity index (χ2v) is 6.89. The molecule has 2 aromatic rings. The first-order valence-electron chi connectivity index (χ1n) is 9.35. The molecule has 0 saturated heterocycles. The lowest BCUT2D eigenvalue weighted by atomic mass is 9.89. The summed E-state index contributed by atoms with van der Waals surface area (Å²) in [4.78, 5) is 26.3. The molecule has 0 aromatic heterocycles. The summed E-state index contributed by atoms with van der Waals surface area (Å²) in [5.41, 5.74) is 2.58. The van der Waals surface area contributed by atoms with Crippen LogP contribution in [0, 0.1) is 0 Å². The van der Waals surface area contributed by atoms with Gasteiger partial charge >= 0.3 is 5.97 Å². The number of hydrogen-bond donors (Lipinski definition) is 1. The first-order valence-corrected chi connectivity index (χ1v) is 9.35. The zero-order valence-electron chi connectivity index (χ0n) is 16.8. The standard InChI is InChI=1S/C22H25NO6/c1-27-16-6-4-5-14(9-16)10-21(24)23-8-7-15-11-19(28-2)20(29-3)12-17(15)18(23)13-22(25)26/h4-6,9,11-12,18H,7-8,10,13H2,1-3H3,(H,25,26). The topological polar surface area (TPSA) is 85.3 Å². The van der Waals surface area contributed by atoms with E-state index in [1.165, 1.54) is 7.11 Å². The van der Waals surface area contributed by atoms with Gasteiger partial charge in [-0.1, -0.05) is 12.1 Å². The van der Waals surface area contributed by atoms with Crippen molar-refractivity contribution < 1.29 is 28.9 Å². The van der Waals surface area contributed by atoms with E-state index in [4.69, 9.17) is 14.2 Å². The molecule has 29 heavy (non-hydrogen) atoms. The molecule has 1 aliphatic rings. The van der Waals surface area contributed by atoms with E-state index in [1.54, 1.807) is 25.2 Å². The maximum atomic E-state index is 13.1. The van der Waals surface area contributed by atoms with Crippen LogP contribution >= 0.6 is 0 Å². The highest BCUT2D eigenvalue weighted by molar-refractivity contribution is 5.81. The van der Waals surface area contributed by atoms with Crippen molar-refractivity contribution in [3.63, 3.8) is 0 Å². The Hall–Kier alpha value is -3.22. The Morgan fingerprint density at radius 1 is 1.07 bits per heavy atom. The van der Waals surface area contributed by atoms with Crippen LogP contribution < -0.4 is 14.2 Å². The van der Waals surface area contributed by atoms with E-state index in [9.17, 15) is 14.7 Å². The summed E-state index contributed by atoms with van der Waals surface area (Å²) >= 11 is 0. The monoisotopic (exact) mass is 399 g/mol. The van der Waals surface area contributed by atoms with E-state index in [1.807, 2.05) is 30.3 Å². The van der Waals surface area contributed by atoms with Crippen molar-refractivity contribution in [2.24, 2.45) is 0 Å². The third-order valence-corrected chi connectivity index (χ3v) is 5.18. The fraction of sp³-hybridized carbons (Fsp3) is 0.364. The van der Waals surface area contributed by atoms with E-state index in [0.717, 1.165) is 16.7 Å². The summed E-state index contributed by atoms with van der Waals surface area (Å²) in [6.07, 6.45) is 0.623. The number of hydrogen-bond acceptors (Lipinski definition) is 5. The number of carboxylic acid groups (broad SMARTS) is 1. The second kappa shape index (κ2) is 8.86. The molecule has 0 spiro atoms. The third kappa shape index (κ3) is 4.45. The van der Waals surface area contributed by atoms with Crippen LogP contribution in [0.3, 0.4) is 0 Å². The van der Waals surface area contributed by atoms with Gasteiger partial charge in [0, 0.05) is 6.54 Å². The minimum atomic E-state index is -0.961. The van der Waals surface area contributed by atoms with Gasteiger partial charge < -0.3 is 24.2 Å². The molecular weight excluding hydrogens is 374 g/mol. The molecule has 1 N–H and O–H groups in total. The molecule has 1 aliphatic heterocycles. The molecule has 7 nitrogen and oxygen atoms in total. The van der Waals surface area contributed by atoms with Crippen molar-refractivity contribution in [1.82, 2.24) is 4.90 Å². The molecular formula is C22H25NO6. The Morgan fingerprint density at radius 3 is 2.45 bits per heavy atom. The van der Waals surface area contributed by atoms with Gasteiger partial charge in [-0.2, -0.15) is 0 Å². The van der Waals surface area contributed by atoms with Crippen LogP contribution in [0.15, 0.2) is 36.4 Å². The largest absolute Gasteiger partial charge is 0.497 e. The van der Waals surface area contributed by atoms with Crippen molar-refractivity contribution in [3.05, 3.63) is 53.1 Å². The first-order chi connectivity index (χ1) is 14.0. The van der Waals surface area contributed by atoms with Crippen LogP contribution in [0.5, 0.6) is 17.2 Å². The lowest BCUT2D eigenvalue weighted by molar-refractivity contribution is -0.141. The predicted octanol–water partition coefficient (Wildman–Crippen LogP) is 2.86. The quantitative estimate of drug-likeness (QED) is 0.771. The number of ether oxygens (including phenoxy) is 3. The van der Waals surface area contributed by atoms with Crippen LogP contribution in [0.4, 0.5) is 0 Å². The number of amides is 1. The molecule has 1 heterocycles. The molecule has 0 radical (unpaired) electrons. The van der Waals surface area contributed by atoms with Gasteiger partial charge in [0.25, 0.3) is 0 Å². The molecule has 1 atom stereocenters. The summed E-state index contributed by atoms with van der Waals surface area (Å²) in [6.45, 7) is 0.448. The summed E-state index contributed by atoms with van der Waals surface area (Å²) in [5, 5.41) is 9.47. The Balaban J connectivity index is 1.92. The molecule has 0 bridgehead atoms. The number of methoxy groups -OCH3 is 3. The fourth-order valence-electron chi connectivity index (χ4n) is 3.77. The number of benzene rings is 2. The number of carbonyl (C=O) groups excluding carboxylic acids is 1. The molecule has 0 fully saturated rings. The van der Waals surface area contributed by atoms with Crippen LogP contribution in [0.1, 0.15) is 29.2 Å². The lowest BCUT2D eigenvalue weighted by Gasteiger charge is -2.37. The van der Waals surface area contributed by atoms with Crippen LogP contribution in [0.25, 0.3) is 0 Å². The van der Waals surface area contributed by atoms with Crippen molar-refractivity contribution in [2.45, 2.75) is 25.3 Å². The molecule has 0 saturated carbocycles. The number of carboxylic acids is 1. The van der Waals surface area contributed by atoms with Crippen molar-refractivity contribution >= 4 is 11.9 Å². The normalized spacial score (nSPS) is 15.4. The van der Waals surface area contributed by atoms with Crippen LogP contribution in [-0.2, 0) is 22.4 Å². The Kier molecular flexibility index (Phi) is 6.26. The Bertz CT molecular complexity index is 910. The highest BCUT2D eigenvalue weighted by atomic mass is 16.5. The highest BCUT2D eigenvalue weighted by Crippen LogP contribution is 2.39. The molecule has 0 aliphatic carbocycles. The van der Waals surface area contributed by atoms with Gasteiger partial charge in [-0.05, 0) is 47.4 Å². The smallest absolute Gasteiger partial charge is 0.305 e. The van der Waals surface area contributed by atoms with Gasteiger partial charge in [0.15, 0.2) is 11.5 Å². The number of fused-ring (bicyclic) bond motifs is 1. The molecule has 3 rings (SSSR count). The molecule has 7 heteroatoms. The van der Waals surface area contributed by atoms with Gasteiger partial charge in [0.2, 0.25) is 5.91 Å². The molecule has 154 valence electrons. The van der Waals surface area contributed by atoms with Gasteiger partial charge in [0.05, 0.1) is 40.2 Å². The molecule has 2 aromatic carbocycles. The minimum absolute atomic E-state index is 0.120. The summed E-state index contributed by atoms with van der Waals surface area (Å²) in [6, 6.07) is 10.4. The Morgan fingerprint density at radius 2 is 1.79 bits per heavy atom. The van der Waals surface area contributed by atoms with E-state index < -0.39 is 12.0 Å². The third-order valence-electron chi connectivity index (χ3n) is 5.18. The maximum absolute atomic E-state index is 13.1. The number of carbonyl (C=O) groups is 2. The minimum Gasteiger partial charge on any atom is -0.497 e. The van der Waals surface area contributed by atoms with Gasteiger partial charge in [0.1, 0.15) is 5.75 Å². The van der Waals surface area contributed by atoms with Crippen LogP contribution in [-0.4, -0.2) is 49.8 Å². The number of aliphatic carboxylic acids is 1. The number of rotatable bonds is 7. The average Bonchev–Trinajstić information content (AvgIpc) is 2.72. The first kappa shape index (κ1) is 20.5. The lowest BCUT2D eigenvalue weighted by Crippen LogP contribution is -2.41. The average molecular weight is 399 g/mol. The zero-order valence-corrected chi connectivity index (χ0v) is 16.8. The van der Waals surface area contributed by atoms with Gasteiger partial charge in [-0.25, -0.2) is 0 Å². The maximum Gasteiger partial charge on any atom is 0.305 e. The van der Waals surface area contributed by atoms with Crippen LogP contribution in [0.2, 0.25) is 0 Å². The SMILES string of the molecule is COc1cccc(CC(=O)N2CCc3cc(OC)c(OC)cc3C2CC(=O)O)c1. The van der Waals surface area contributed by atoms with E-state index in [0.29, 0.717) is 30.2 Å². The van der Waals surface area contributed by atoms with Gasteiger partial charge in [-0.3, -0.25) is 9.59 Å². The predicted molar refractivity (Wildman–Crippen MR) is 107 cm³/mol. The van der Waals surface area contributed by atoms with Crippen molar-refractivity contribution in [1.29, 1.82) is 0 Å². The summed E-state index contributed by atoms with van der Waals surface area (Å²) in [5.74, 6) is 0.708. The van der Waals surface area contributed by atoms with Crippen molar-refractivity contribution in [2.75, 3.05) is 27.9 Å². The summed E-state index contributed by atoms with van der Waals surface area (Å²) in [7, 11) is 4.67.